The lowest BCUT2D eigenvalue weighted by atomic mass is 10.2. The number of hydrogen-bond acceptors (Lipinski definition) is 5. The van der Waals surface area contributed by atoms with Crippen molar-refractivity contribution in [3.8, 4) is 17.1 Å². The highest BCUT2D eigenvalue weighted by Gasteiger charge is 2.27. The van der Waals surface area contributed by atoms with Crippen LogP contribution in [0.3, 0.4) is 0 Å². The molecule has 8 heteroatoms. The normalized spacial score (nSPS) is 14.5. The predicted molar refractivity (Wildman–Crippen MR) is 133 cm³/mol. The van der Waals surface area contributed by atoms with Crippen LogP contribution in [-0.2, 0) is 6.54 Å². The van der Waals surface area contributed by atoms with Crippen molar-refractivity contribution in [2.24, 2.45) is 0 Å². The Hall–Kier alpha value is -4.30. The second kappa shape index (κ2) is 9.15. The maximum atomic E-state index is 13.4. The van der Waals surface area contributed by atoms with E-state index >= 15 is 0 Å². The monoisotopic (exact) mass is 463 g/mol. The summed E-state index contributed by atoms with van der Waals surface area (Å²) in [6.07, 6.45) is 4.08. The summed E-state index contributed by atoms with van der Waals surface area (Å²) in [6.45, 7) is 3.59. The van der Waals surface area contributed by atoms with E-state index < -0.39 is 0 Å². The number of pyridine rings is 1. The quantitative estimate of drug-likeness (QED) is 0.399. The van der Waals surface area contributed by atoms with Crippen LogP contribution in [0.1, 0.15) is 16.3 Å². The largest absolute Gasteiger partial charge is 0.333 e. The molecule has 35 heavy (non-hydrogen) atoms. The molecule has 1 fully saturated rings. The van der Waals surface area contributed by atoms with Gasteiger partial charge in [-0.25, -0.2) is 14.6 Å². The molecule has 0 bridgehead atoms. The van der Waals surface area contributed by atoms with Crippen molar-refractivity contribution in [1.29, 1.82) is 0 Å². The molecule has 3 aromatic heterocycles. The number of carbonyl (C=O) groups excluding carboxylic acids is 1. The minimum atomic E-state index is -0.135. The average molecular weight is 464 g/mol. The molecule has 0 atom stereocenters. The Kier molecular flexibility index (Phi) is 5.56. The molecule has 0 N–H and O–H groups in total. The average Bonchev–Trinajstić information content (AvgIpc) is 3.54. The Morgan fingerprint density at radius 2 is 1.51 bits per heavy atom. The smallest absolute Gasteiger partial charge is 0.293 e. The second-order valence-electron chi connectivity index (χ2n) is 8.64. The van der Waals surface area contributed by atoms with Gasteiger partial charge in [-0.1, -0.05) is 54.6 Å². The molecule has 174 valence electrons. The number of hydrogen-bond donors (Lipinski definition) is 0. The zero-order valence-corrected chi connectivity index (χ0v) is 19.2. The van der Waals surface area contributed by atoms with Crippen LogP contribution in [0.2, 0.25) is 0 Å². The maximum absolute atomic E-state index is 13.4. The number of carbonyl (C=O) groups is 1. The summed E-state index contributed by atoms with van der Waals surface area (Å²) in [7, 11) is 0. The molecule has 1 amide bonds. The first kappa shape index (κ1) is 21.2. The number of aromatic nitrogens is 5. The van der Waals surface area contributed by atoms with Crippen molar-refractivity contribution >= 4 is 11.6 Å². The molecule has 1 aliphatic rings. The molecule has 8 nitrogen and oxygen atoms in total. The Labute approximate surface area is 203 Å². The van der Waals surface area contributed by atoms with Gasteiger partial charge in [0.25, 0.3) is 5.91 Å². The van der Waals surface area contributed by atoms with E-state index in [1.165, 1.54) is 0 Å². The highest BCUT2D eigenvalue weighted by Crippen LogP contribution is 2.22. The number of fused-ring (bicyclic) bond motifs is 1. The maximum Gasteiger partial charge on any atom is 0.293 e. The van der Waals surface area contributed by atoms with E-state index in [0.717, 1.165) is 42.2 Å². The van der Waals surface area contributed by atoms with Crippen LogP contribution in [0.15, 0.2) is 91.3 Å². The van der Waals surface area contributed by atoms with Gasteiger partial charge in [-0.05, 0) is 24.3 Å². The van der Waals surface area contributed by atoms with Gasteiger partial charge in [-0.3, -0.25) is 9.69 Å². The number of benzene rings is 2. The van der Waals surface area contributed by atoms with Gasteiger partial charge in [-0.15, -0.1) is 5.10 Å². The minimum Gasteiger partial charge on any atom is -0.333 e. The number of nitrogens with zero attached hydrogens (tertiary/aromatic N) is 7. The van der Waals surface area contributed by atoms with Gasteiger partial charge in [0.15, 0.2) is 5.82 Å². The zero-order valence-electron chi connectivity index (χ0n) is 19.2. The number of rotatable bonds is 5. The van der Waals surface area contributed by atoms with Crippen LogP contribution in [0.5, 0.6) is 0 Å². The highest BCUT2D eigenvalue weighted by molar-refractivity contribution is 5.91. The van der Waals surface area contributed by atoms with Crippen molar-refractivity contribution < 1.29 is 4.79 Å². The topological polar surface area (TPSA) is 71.6 Å². The first-order chi connectivity index (χ1) is 17.2. The molecule has 6 rings (SSSR count). The standard InChI is InChI=1S/C27H25N7O/c35-27(32-17-15-31(16-18-32)19-22-20-33-14-8-7-13-24(33)28-22)25-29-26(21-9-3-1-4-10-21)34(30-25)23-11-5-2-6-12-23/h1-14,20H,15-19H2. The Morgan fingerprint density at radius 3 is 2.26 bits per heavy atom. The first-order valence-electron chi connectivity index (χ1n) is 11.8. The summed E-state index contributed by atoms with van der Waals surface area (Å²) in [6, 6.07) is 25.6. The van der Waals surface area contributed by atoms with E-state index in [2.05, 4.69) is 21.2 Å². The third kappa shape index (κ3) is 4.31. The predicted octanol–water partition coefficient (Wildman–Crippen LogP) is 3.54. The SMILES string of the molecule is O=C(c1nc(-c2ccccc2)n(-c2ccccc2)n1)N1CCN(Cc2cn3ccccc3n2)CC1. The Balaban J connectivity index is 1.18. The number of imidazole rings is 1. The van der Waals surface area contributed by atoms with E-state index in [1.54, 1.807) is 4.68 Å². The molecule has 1 saturated heterocycles. The van der Waals surface area contributed by atoms with Crippen LogP contribution < -0.4 is 0 Å². The highest BCUT2D eigenvalue weighted by atomic mass is 16.2. The Morgan fingerprint density at radius 1 is 0.800 bits per heavy atom. The molecule has 0 aliphatic carbocycles. The van der Waals surface area contributed by atoms with Crippen LogP contribution in [0.4, 0.5) is 0 Å². The number of para-hydroxylation sites is 1. The van der Waals surface area contributed by atoms with E-state index in [9.17, 15) is 4.79 Å². The molecular weight excluding hydrogens is 438 g/mol. The van der Waals surface area contributed by atoms with Crippen molar-refractivity contribution in [1.82, 2.24) is 33.9 Å². The fraction of sp³-hybridized carbons (Fsp3) is 0.185. The molecule has 0 unspecified atom stereocenters. The van der Waals surface area contributed by atoms with Crippen LogP contribution in [0, 0.1) is 0 Å². The molecule has 0 spiro atoms. The Bertz CT molecular complexity index is 1360. The van der Waals surface area contributed by atoms with Crippen LogP contribution in [0.25, 0.3) is 22.7 Å². The zero-order chi connectivity index (χ0) is 23.6. The third-order valence-corrected chi connectivity index (χ3v) is 6.29. The van der Waals surface area contributed by atoms with Gasteiger partial charge in [0, 0.05) is 50.7 Å². The summed E-state index contributed by atoms with van der Waals surface area (Å²) in [4.78, 5) is 26.9. The van der Waals surface area contributed by atoms with Crippen molar-refractivity contribution in [3.63, 3.8) is 0 Å². The van der Waals surface area contributed by atoms with E-state index in [-0.39, 0.29) is 11.7 Å². The van der Waals surface area contributed by atoms with Crippen molar-refractivity contribution in [2.75, 3.05) is 26.2 Å². The minimum absolute atomic E-state index is 0.135. The fourth-order valence-corrected chi connectivity index (χ4v) is 4.47. The molecular formula is C27H25N7O. The van der Waals surface area contributed by atoms with Crippen molar-refractivity contribution in [3.05, 3.63) is 103 Å². The lowest BCUT2D eigenvalue weighted by Crippen LogP contribution is -2.48. The van der Waals surface area contributed by atoms with Gasteiger partial charge in [0.2, 0.25) is 5.82 Å². The van der Waals surface area contributed by atoms with E-state index in [1.807, 2.05) is 94.4 Å². The van der Waals surface area contributed by atoms with Gasteiger partial charge in [-0.2, -0.15) is 0 Å². The molecule has 4 heterocycles. The summed E-state index contributed by atoms with van der Waals surface area (Å²) in [5.41, 5.74) is 3.77. The van der Waals surface area contributed by atoms with Crippen LogP contribution >= 0.6 is 0 Å². The number of amides is 1. The summed E-state index contributed by atoms with van der Waals surface area (Å²) >= 11 is 0. The molecule has 1 aliphatic heterocycles. The van der Waals surface area contributed by atoms with Gasteiger partial charge < -0.3 is 9.30 Å². The lowest BCUT2D eigenvalue weighted by Gasteiger charge is -2.33. The summed E-state index contributed by atoms with van der Waals surface area (Å²) in [5, 5.41) is 4.63. The van der Waals surface area contributed by atoms with Gasteiger partial charge >= 0.3 is 0 Å². The van der Waals surface area contributed by atoms with E-state index in [4.69, 9.17) is 4.98 Å². The van der Waals surface area contributed by atoms with E-state index in [0.29, 0.717) is 18.9 Å². The molecule has 0 saturated carbocycles. The third-order valence-electron chi connectivity index (χ3n) is 6.29. The van der Waals surface area contributed by atoms with Crippen molar-refractivity contribution in [2.45, 2.75) is 6.54 Å². The lowest BCUT2D eigenvalue weighted by molar-refractivity contribution is 0.0615. The van der Waals surface area contributed by atoms with Gasteiger partial charge in [0.1, 0.15) is 5.65 Å². The van der Waals surface area contributed by atoms with Gasteiger partial charge in [0.05, 0.1) is 11.4 Å². The molecule has 5 aromatic rings. The molecule has 0 radical (unpaired) electrons. The number of piperazine rings is 1. The molecule has 2 aromatic carbocycles. The second-order valence-corrected chi connectivity index (χ2v) is 8.64. The first-order valence-corrected chi connectivity index (χ1v) is 11.8. The summed E-state index contributed by atoms with van der Waals surface area (Å²) < 4.78 is 3.79. The van der Waals surface area contributed by atoms with Crippen LogP contribution in [-0.4, -0.2) is 66.0 Å². The fourth-order valence-electron chi connectivity index (χ4n) is 4.47. The summed E-state index contributed by atoms with van der Waals surface area (Å²) in [5.74, 6) is 0.747.